The first-order valence-electron chi connectivity index (χ1n) is 6.45. The van der Waals surface area contributed by atoms with Crippen molar-refractivity contribution in [2.75, 3.05) is 13.2 Å². The molecule has 1 rings (SSSR count). The van der Waals surface area contributed by atoms with E-state index in [-0.39, 0.29) is 5.71 Å². The van der Waals surface area contributed by atoms with E-state index in [9.17, 15) is 4.79 Å². The second-order valence-corrected chi connectivity index (χ2v) is 4.21. The number of aliphatic carboxylic acids is 1. The van der Waals surface area contributed by atoms with Gasteiger partial charge in [0.15, 0.2) is 0 Å². The van der Waals surface area contributed by atoms with Gasteiger partial charge in [0.2, 0.25) is 0 Å². The minimum absolute atomic E-state index is 0.00488. The van der Waals surface area contributed by atoms with E-state index in [0.717, 1.165) is 5.56 Å². The highest BCUT2D eigenvalue weighted by Gasteiger charge is 2.05. The van der Waals surface area contributed by atoms with Crippen LogP contribution in [-0.4, -0.2) is 35.1 Å². The molecule has 0 aliphatic carbocycles. The predicted octanol–water partition coefficient (Wildman–Crippen LogP) is 2.72. The summed E-state index contributed by atoms with van der Waals surface area (Å²) in [4.78, 5) is 16.0. The van der Waals surface area contributed by atoms with Gasteiger partial charge < -0.3 is 5.11 Å². The molecule has 0 amide bonds. The van der Waals surface area contributed by atoms with Gasteiger partial charge in [-0.1, -0.05) is 36.4 Å². The van der Waals surface area contributed by atoms with E-state index in [2.05, 4.69) is 5.10 Å². The van der Waals surface area contributed by atoms with Gasteiger partial charge in [0.25, 0.3) is 0 Å². The summed E-state index contributed by atoms with van der Waals surface area (Å²) in [6.45, 7) is 6.11. The molecule has 1 N–H and O–H groups in total. The van der Waals surface area contributed by atoms with Crippen molar-refractivity contribution in [3.63, 3.8) is 0 Å². The zero-order valence-corrected chi connectivity index (χ0v) is 12.0. The maximum absolute atomic E-state index is 10.7. The number of hydrogen-bond acceptors (Lipinski definition) is 4. The number of rotatable bonds is 7. The highest BCUT2D eigenvalue weighted by Crippen LogP contribution is 2.08. The third kappa shape index (κ3) is 5.24. The van der Waals surface area contributed by atoms with Gasteiger partial charge in [0.1, 0.15) is 5.71 Å². The molecule has 0 heterocycles. The van der Waals surface area contributed by atoms with E-state index in [1.54, 1.807) is 0 Å². The molecule has 5 nitrogen and oxygen atoms in total. The Morgan fingerprint density at radius 1 is 1.45 bits per heavy atom. The Balaban J connectivity index is 2.52. The van der Waals surface area contributed by atoms with Crippen LogP contribution >= 0.6 is 0 Å². The zero-order valence-electron chi connectivity index (χ0n) is 12.0. The van der Waals surface area contributed by atoms with Crippen LogP contribution in [0.25, 0.3) is 6.08 Å². The Hall–Kier alpha value is -2.14. The van der Waals surface area contributed by atoms with Crippen molar-refractivity contribution in [3.05, 3.63) is 41.5 Å². The third-order valence-electron chi connectivity index (χ3n) is 2.65. The molecule has 0 aromatic heterocycles. The van der Waals surface area contributed by atoms with Crippen molar-refractivity contribution < 1.29 is 14.7 Å². The van der Waals surface area contributed by atoms with Crippen molar-refractivity contribution >= 4 is 17.8 Å². The highest BCUT2D eigenvalue weighted by atomic mass is 16.7. The average Bonchev–Trinajstić information content (AvgIpc) is 2.43. The quantitative estimate of drug-likeness (QED) is 0.614. The lowest BCUT2D eigenvalue weighted by Gasteiger charge is -2.15. The smallest absolute Gasteiger partial charge is 0.351 e. The second kappa shape index (κ2) is 8.12. The maximum Gasteiger partial charge on any atom is 0.351 e. The summed E-state index contributed by atoms with van der Waals surface area (Å²) in [5, 5.41) is 13.9. The molecule has 20 heavy (non-hydrogen) atoms. The van der Waals surface area contributed by atoms with Crippen LogP contribution < -0.4 is 0 Å². The van der Waals surface area contributed by atoms with E-state index in [0.29, 0.717) is 13.2 Å². The van der Waals surface area contributed by atoms with Crippen molar-refractivity contribution in [2.24, 2.45) is 5.10 Å². The van der Waals surface area contributed by atoms with Crippen molar-refractivity contribution in [2.45, 2.75) is 20.8 Å². The lowest BCUT2D eigenvalue weighted by Crippen LogP contribution is -2.22. The molecule has 0 aliphatic heterocycles. The van der Waals surface area contributed by atoms with E-state index in [4.69, 9.17) is 9.94 Å². The summed E-state index contributed by atoms with van der Waals surface area (Å²) in [6.07, 6.45) is 3.84. The van der Waals surface area contributed by atoms with Gasteiger partial charge in [-0.05, 0) is 31.9 Å². The fourth-order valence-corrected chi connectivity index (χ4v) is 1.48. The van der Waals surface area contributed by atoms with E-state index >= 15 is 0 Å². The lowest BCUT2D eigenvalue weighted by molar-refractivity contribution is -0.146. The predicted molar refractivity (Wildman–Crippen MR) is 79.3 cm³/mol. The third-order valence-corrected chi connectivity index (χ3v) is 2.65. The number of aryl methyl sites for hydroxylation is 1. The van der Waals surface area contributed by atoms with E-state index < -0.39 is 5.97 Å². The summed E-state index contributed by atoms with van der Waals surface area (Å²) in [5.74, 6) is -1.05. The summed E-state index contributed by atoms with van der Waals surface area (Å²) in [5.41, 5.74) is 2.31. The number of hydrogen-bond donors (Lipinski definition) is 1. The molecule has 0 aliphatic rings. The largest absolute Gasteiger partial charge is 0.477 e. The molecule has 0 bridgehead atoms. The number of benzene rings is 1. The molecular weight excluding hydrogens is 256 g/mol. The summed E-state index contributed by atoms with van der Waals surface area (Å²) in [7, 11) is 0. The van der Waals surface area contributed by atoms with Crippen LogP contribution in [0.15, 0.2) is 35.4 Å². The van der Waals surface area contributed by atoms with Crippen molar-refractivity contribution in [1.29, 1.82) is 0 Å². The van der Waals surface area contributed by atoms with Crippen LogP contribution in [0.1, 0.15) is 25.0 Å². The minimum Gasteiger partial charge on any atom is -0.477 e. The minimum atomic E-state index is -1.05. The van der Waals surface area contributed by atoms with Gasteiger partial charge in [-0.2, -0.15) is 5.17 Å². The first-order chi connectivity index (χ1) is 9.54. The Kier molecular flexibility index (Phi) is 6.46. The summed E-state index contributed by atoms with van der Waals surface area (Å²) < 4.78 is 0. The molecular formula is C15H20N2O3. The van der Waals surface area contributed by atoms with Crippen LogP contribution in [0.2, 0.25) is 0 Å². The normalized spacial score (nSPS) is 11.8. The Labute approximate surface area is 119 Å². The molecule has 0 atom stereocenters. The molecule has 0 saturated carbocycles. The van der Waals surface area contributed by atoms with Crippen LogP contribution in [0.4, 0.5) is 0 Å². The van der Waals surface area contributed by atoms with Gasteiger partial charge in [-0.15, -0.1) is 5.10 Å². The van der Waals surface area contributed by atoms with Gasteiger partial charge in [-0.25, -0.2) is 4.79 Å². The number of carboxylic acids is 1. The number of nitrogens with zero attached hydrogens (tertiary/aromatic N) is 2. The number of carboxylic acid groups (broad SMARTS) is 1. The van der Waals surface area contributed by atoms with Gasteiger partial charge in [-0.3, -0.25) is 4.84 Å². The molecule has 0 spiro atoms. The monoisotopic (exact) mass is 276 g/mol. The molecule has 0 radical (unpaired) electrons. The molecule has 0 saturated heterocycles. The van der Waals surface area contributed by atoms with Gasteiger partial charge in [0.05, 0.1) is 13.2 Å². The maximum atomic E-state index is 10.7. The standard InChI is InChI=1S/C15H20N2O3/c1-4-17(16-13(3)15(18)19)20-11-7-10-14-9-6-5-8-12(14)2/h5-10H,4,11H2,1-3H3,(H,18,19). The SMILES string of the molecule is CCN(N=C(C)C(=O)O)OCC=Cc1ccccc1C. The van der Waals surface area contributed by atoms with E-state index in [1.807, 2.05) is 50.3 Å². The first kappa shape index (κ1) is 15.9. The topological polar surface area (TPSA) is 62.1 Å². The number of hydrazone groups is 1. The van der Waals surface area contributed by atoms with Crippen LogP contribution in [0.3, 0.4) is 0 Å². The number of carbonyl (C=O) groups is 1. The molecule has 5 heteroatoms. The Morgan fingerprint density at radius 2 is 2.15 bits per heavy atom. The van der Waals surface area contributed by atoms with Crippen molar-refractivity contribution in [1.82, 2.24) is 5.17 Å². The Bertz CT molecular complexity index is 510. The fraction of sp³-hybridized carbons (Fsp3) is 0.333. The van der Waals surface area contributed by atoms with Gasteiger partial charge >= 0.3 is 5.97 Å². The number of hydroxylamine groups is 1. The molecule has 0 unspecified atom stereocenters. The second-order valence-electron chi connectivity index (χ2n) is 4.21. The zero-order chi connectivity index (χ0) is 15.0. The van der Waals surface area contributed by atoms with Crippen LogP contribution in [0, 0.1) is 6.92 Å². The average molecular weight is 276 g/mol. The summed E-state index contributed by atoms with van der Waals surface area (Å²) >= 11 is 0. The summed E-state index contributed by atoms with van der Waals surface area (Å²) in [6, 6.07) is 8.04. The fourth-order valence-electron chi connectivity index (χ4n) is 1.48. The van der Waals surface area contributed by atoms with Crippen molar-refractivity contribution in [3.8, 4) is 0 Å². The molecule has 0 fully saturated rings. The Morgan fingerprint density at radius 3 is 2.75 bits per heavy atom. The van der Waals surface area contributed by atoms with Gasteiger partial charge in [0, 0.05) is 0 Å². The lowest BCUT2D eigenvalue weighted by atomic mass is 10.1. The molecule has 108 valence electrons. The van der Waals surface area contributed by atoms with Crippen LogP contribution in [-0.2, 0) is 9.63 Å². The highest BCUT2D eigenvalue weighted by molar-refractivity contribution is 6.34. The molecule has 1 aromatic rings. The first-order valence-corrected chi connectivity index (χ1v) is 6.45. The van der Waals surface area contributed by atoms with Crippen LogP contribution in [0.5, 0.6) is 0 Å². The van der Waals surface area contributed by atoms with E-state index in [1.165, 1.54) is 17.7 Å². The molecule has 1 aromatic carbocycles.